The first-order chi connectivity index (χ1) is 9.76. The van der Waals surface area contributed by atoms with Crippen LogP contribution in [0.4, 0.5) is 15.2 Å². The Morgan fingerprint density at radius 1 is 1.10 bits per heavy atom. The molecule has 2 aromatic rings. The molecule has 104 valence electrons. The van der Waals surface area contributed by atoms with Gasteiger partial charge in [-0.25, -0.2) is 9.37 Å². The minimum Gasteiger partial charge on any atom is -0.368 e. The van der Waals surface area contributed by atoms with E-state index < -0.39 is 0 Å². The highest BCUT2D eigenvalue weighted by molar-refractivity contribution is 7.13. The van der Waals surface area contributed by atoms with Crippen LogP contribution in [0.2, 0.25) is 0 Å². The van der Waals surface area contributed by atoms with E-state index >= 15 is 0 Å². The molecule has 0 atom stereocenters. The molecule has 3 rings (SSSR count). The molecule has 1 aliphatic heterocycles. The fourth-order valence-electron chi connectivity index (χ4n) is 2.28. The van der Waals surface area contributed by atoms with Crippen LogP contribution in [0.5, 0.6) is 0 Å². The van der Waals surface area contributed by atoms with E-state index in [1.54, 1.807) is 17.5 Å². The van der Waals surface area contributed by atoms with E-state index in [0.29, 0.717) is 5.69 Å². The standard InChI is InChI=1S/C14H14FN3OS/c15-11-1-3-13(4-2-11)17-5-7-18(8-6-17)14-16-12(9-19)10-20-14/h1-4,9-10H,5-8H2. The summed E-state index contributed by atoms with van der Waals surface area (Å²) in [5, 5.41) is 2.67. The van der Waals surface area contributed by atoms with Crippen molar-refractivity contribution >= 4 is 28.4 Å². The number of carbonyl (C=O) groups is 1. The Bertz CT molecular complexity index is 591. The fraction of sp³-hybridized carbons (Fsp3) is 0.286. The topological polar surface area (TPSA) is 36.4 Å². The second kappa shape index (κ2) is 5.58. The van der Waals surface area contributed by atoms with E-state index in [1.165, 1.54) is 23.5 Å². The van der Waals surface area contributed by atoms with Gasteiger partial charge in [-0.05, 0) is 24.3 Å². The highest BCUT2D eigenvalue weighted by Crippen LogP contribution is 2.23. The van der Waals surface area contributed by atoms with E-state index in [4.69, 9.17) is 0 Å². The second-order valence-electron chi connectivity index (χ2n) is 4.62. The summed E-state index contributed by atoms with van der Waals surface area (Å²) in [6, 6.07) is 6.58. The molecule has 0 radical (unpaired) electrons. The molecule has 2 heterocycles. The number of aldehydes is 1. The maximum atomic E-state index is 12.9. The number of anilines is 2. The van der Waals surface area contributed by atoms with Gasteiger partial charge in [0, 0.05) is 37.2 Å². The number of halogens is 1. The Morgan fingerprint density at radius 2 is 1.75 bits per heavy atom. The van der Waals surface area contributed by atoms with E-state index in [0.717, 1.165) is 43.3 Å². The molecule has 0 unspecified atom stereocenters. The molecule has 1 aromatic carbocycles. The van der Waals surface area contributed by atoms with Crippen molar-refractivity contribution in [3.05, 3.63) is 41.2 Å². The molecule has 1 fully saturated rings. The maximum Gasteiger partial charge on any atom is 0.186 e. The molecular weight excluding hydrogens is 277 g/mol. The van der Waals surface area contributed by atoms with Crippen LogP contribution >= 0.6 is 11.3 Å². The molecule has 0 spiro atoms. The van der Waals surface area contributed by atoms with Crippen LogP contribution < -0.4 is 9.80 Å². The molecular formula is C14H14FN3OS. The van der Waals surface area contributed by atoms with Crippen LogP contribution in [-0.4, -0.2) is 37.4 Å². The van der Waals surface area contributed by atoms with Gasteiger partial charge in [-0.3, -0.25) is 4.79 Å². The minimum absolute atomic E-state index is 0.212. The zero-order valence-electron chi connectivity index (χ0n) is 10.8. The molecule has 1 aliphatic rings. The number of rotatable bonds is 3. The summed E-state index contributed by atoms with van der Waals surface area (Å²) in [6.07, 6.45) is 0.773. The lowest BCUT2D eigenvalue weighted by molar-refractivity contribution is 0.111. The van der Waals surface area contributed by atoms with E-state index in [-0.39, 0.29) is 5.82 Å². The molecule has 6 heteroatoms. The second-order valence-corrected chi connectivity index (χ2v) is 5.46. The maximum absolute atomic E-state index is 12.9. The van der Waals surface area contributed by atoms with Crippen LogP contribution in [-0.2, 0) is 0 Å². The van der Waals surface area contributed by atoms with Crippen molar-refractivity contribution in [2.45, 2.75) is 0 Å². The highest BCUT2D eigenvalue weighted by Gasteiger charge is 2.19. The van der Waals surface area contributed by atoms with Gasteiger partial charge < -0.3 is 9.80 Å². The van der Waals surface area contributed by atoms with Gasteiger partial charge in [0.2, 0.25) is 0 Å². The SMILES string of the molecule is O=Cc1csc(N2CCN(c3ccc(F)cc3)CC2)n1. The average molecular weight is 291 g/mol. The Morgan fingerprint density at radius 3 is 2.35 bits per heavy atom. The van der Waals surface area contributed by atoms with Crippen LogP contribution in [0.1, 0.15) is 10.5 Å². The summed E-state index contributed by atoms with van der Waals surface area (Å²) in [5.41, 5.74) is 1.53. The largest absolute Gasteiger partial charge is 0.368 e. The molecule has 20 heavy (non-hydrogen) atoms. The van der Waals surface area contributed by atoms with Crippen LogP contribution in [0.15, 0.2) is 29.6 Å². The Labute approximate surface area is 120 Å². The molecule has 4 nitrogen and oxygen atoms in total. The van der Waals surface area contributed by atoms with Crippen molar-refractivity contribution in [2.24, 2.45) is 0 Å². The number of benzene rings is 1. The lowest BCUT2D eigenvalue weighted by atomic mass is 10.2. The van der Waals surface area contributed by atoms with Gasteiger partial charge >= 0.3 is 0 Å². The van der Waals surface area contributed by atoms with Crippen LogP contribution in [0, 0.1) is 5.82 Å². The molecule has 0 amide bonds. The van der Waals surface area contributed by atoms with Gasteiger partial charge in [-0.2, -0.15) is 0 Å². The number of piperazine rings is 1. The number of nitrogens with zero attached hydrogens (tertiary/aromatic N) is 3. The lowest BCUT2D eigenvalue weighted by Crippen LogP contribution is -2.46. The number of aromatic nitrogens is 1. The smallest absolute Gasteiger partial charge is 0.186 e. The summed E-state index contributed by atoms with van der Waals surface area (Å²) in [5.74, 6) is -0.212. The highest BCUT2D eigenvalue weighted by atomic mass is 32.1. The molecule has 0 bridgehead atoms. The summed E-state index contributed by atoms with van der Waals surface area (Å²) in [7, 11) is 0. The number of hydrogen-bond acceptors (Lipinski definition) is 5. The molecule has 0 aliphatic carbocycles. The third kappa shape index (κ3) is 2.65. The number of thiazole rings is 1. The van der Waals surface area contributed by atoms with Crippen molar-refractivity contribution < 1.29 is 9.18 Å². The van der Waals surface area contributed by atoms with Crippen molar-refractivity contribution in [2.75, 3.05) is 36.0 Å². The quantitative estimate of drug-likeness (QED) is 0.814. The van der Waals surface area contributed by atoms with E-state index in [1.807, 2.05) is 0 Å². The normalized spacial score (nSPS) is 15.4. The monoisotopic (exact) mass is 291 g/mol. The molecule has 0 N–H and O–H groups in total. The predicted molar refractivity (Wildman–Crippen MR) is 78.3 cm³/mol. The molecule has 0 saturated carbocycles. The first-order valence-corrected chi connectivity index (χ1v) is 7.30. The van der Waals surface area contributed by atoms with Crippen LogP contribution in [0.25, 0.3) is 0 Å². The average Bonchev–Trinajstić information content (AvgIpc) is 2.97. The summed E-state index contributed by atoms with van der Waals surface area (Å²) >= 11 is 1.50. The summed E-state index contributed by atoms with van der Waals surface area (Å²) < 4.78 is 12.9. The van der Waals surface area contributed by atoms with Gasteiger partial charge in [0.05, 0.1) is 0 Å². The van der Waals surface area contributed by atoms with Gasteiger partial charge in [0.1, 0.15) is 11.5 Å². The van der Waals surface area contributed by atoms with Gasteiger partial charge in [-0.1, -0.05) is 0 Å². The first-order valence-electron chi connectivity index (χ1n) is 6.42. The zero-order valence-corrected chi connectivity index (χ0v) is 11.6. The van der Waals surface area contributed by atoms with E-state index in [9.17, 15) is 9.18 Å². The Hall–Kier alpha value is -1.95. The Balaban J connectivity index is 1.64. The van der Waals surface area contributed by atoms with Gasteiger partial charge in [-0.15, -0.1) is 11.3 Å². The number of carbonyl (C=O) groups excluding carboxylic acids is 1. The third-order valence-electron chi connectivity index (χ3n) is 3.37. The zero-order chi connectivity index (χ0) is 13.9. The summed E-state index contributed by atoms with van der Waals surface area (Å²) in [4.78, 5) is 19.3. The van der Waals surface area contributed by atoms with Crippen molar-refractivity contribution in [1.29, 1.82) is 0 Å². The first kappa shape index (κ1) is 13.1. The van der Waals surface area contributed by atoms with E-state index in [2.05, 4.69) is 14.8 Å². The fourth-order valence-corrected chi connectivity index (χ4v) is 3.11. The van der Waals surface area contributed by atoms with Crippen molar-refractivity contribution in [1.82, 2.24) is 4.98 Å². The van der Waals surface area contributed by atoms with Crippen molar-refractivity contribution in [3.8, 4) is 0 Å². The lowest BCUT2D eigenvalue weighted by Gasteiger charge is -2.35. The van der Waals surface area contributed by atoms with Crippen molar-refractivity contribution in [3.63, 3.8) is 0 Å². The number of hydrogen-bond donors (Lipinski definition) is 0. The van der Waals surface area contributed by atoms with Gasteiger partial charge in [0.25, 0.3) is 0 Å². The van der Waals surface area contributed by atoms with Crippen LogP contribution in [0.3, 0.4) is 0 Å². The summed E-state index contributed by atoms with van der Waals surface area (Å²) in [6.45, 7) is 3.43. The third-order valence-corrected chi connectivity index (χ3v) is 4.29. The molecule has 1 aromatic heterocycles. The Kier molecular flexibility index (Phi) is 3.64. The predicted octanol–water partition coefficient (Wildman–Crippen LogP) is 2.42. The van der Waals surface area contributed by atoms with Gasteiger partial charge in [0.15, 0.2) is 11.4 Å². The molecule has 1 saturated heterocycles. The minimum atomic E-state index is -0.212.